The van der Waals surface area contributed by atoms with Crippen LogP contribution in [0.2, 0.25) is 0 Å². The van der Waals surface area contributed by atoms with Gasteiger partial charge in [-0.3, -0.25) is 14.8 Å². The number of aromatic nitrogens is 2. The van der Waals surface area contributed by atoms with Crippen LogP contribution in [-0.2, 0) is 4.79 Å². The highest BCUT2D eigenvalue weighted by atomic mass is 19.1. The number of nitrogens with zero attached hydrogens (tertiary/aromatic N) is 3. The zero-order valence-corrected chi connectivity index (χ0v) is 21.0. The molecule has 11 heteroatoms. The van der Waals surface area contributed by atoms with Crippen molar-refractivity contribution in [3.05, 3.63) is 77.4 Å². The molecule has 0 saturated carbocycles. The highest BCUT2D eigenvalue weighted by Crippen LogP contribution is 2.31. The van der Waals surface area contributed by atoms with E-state index in [9.17, 15) is 14.0 Å². The Bertz CT molecular complexity index is 1320. The summed E-state index contributed by atoms with van der Waals surface area (Å²) < 4.78 is 24.6. The first-order chi connectivity index (χ1) is 18.4. The molecule has 198 valence electrons. The SMILES string of the molecule is COc1ccc(/C(=C\c2cccc(F)c2)C(=O)NC2CCN(c3ncc(C(=O)NO)cn3)CC2)cc1OC. The van der Waals surface area contributed by atoms with Crippen LogP contribution in [0.5, 0.6) is 11.5 Å². The number of amides is 2. The van der Waals surface area contributed by atoms with Crippen molar-refractivity contribution in [2.45, 2.75) is 18.9 Å². The average molecular weight is 522 g/mol. The summed E-state index contributed by atoms with van der Waals surface area (Å²) in [6.07, 6.45) is 5.62. The van der Waals surface area contributed by atoms with Crippen molar-refractivity contribution in [2.75, 3.05) is 32.2 Å². The van der Waals surface area contributed by atoms with E-state index in [2.05, 4.69) is 15.3 Å². The van der Waals surface area contributed by atoms with Gasteiger partial charge in [0.1, 0.15) is 5.82 Å². The summed E-state index contributed by atoms with van der Waals surface area (Å²) in [5.74, 6) is 0.0805. The van der Waals surface area contributed by atoms with Gasteiger partial charge in [-0.25, -0.2) is 19.8 Å². The average Bonchev–Trinajstić information content (AvgIpc) is 2.95. The maximum absolute atomic E-state index is 13.9. The predicted octanol–water partition coefficient (Wildman–Crippen LogP) is 3.08. The lowest BCUT2D eigenvalue weighted by Gasteiger charge is -2.32. The van der Waals surface area contributed by atoms with Gasteiger partial charge in [-0.2, -0.15) is 0 Å². The highest BCUT2D eigenvalue weighted by Gasteiger charge is 2.24. The molecule has 0 radical (unpaired) electrons. The molecule has 0 aliphatic carbocycles. The fraction of sp³-hybridized carbons (Fsp3) is 0.259. The lowest BCUT2D eigenvalue weighted by molar-refractivity contribution is -0.116. The van der Waals surface area contributed by atoms with Crippen molar-refractivity contribution in [1.82, 2.24) is 20.8 Å². The van der Waals surface area contributed by atoms with Gasteiger partial charge in [-0.1, -0.05) is 18.2 Å². The van der Waals surface area contributed by atoms with Crippen LogP contribution in [0, 0.1) is 5.82 Å². The minimum Gasteiger partial charge on any atom is -0.493 e. The summed E-state index contributed by atoms with van der Waals surface area (Å²) >= 11 is 0. The Morgan fingerprint density at radius 3 is 2.37 bits per heavy atom. The number of rotatable bonds is 8. The van der Waals surface area contributed by atoms with Gasteiger partial charge in [0, 0.05) is 37.1 Å². The number of carbonyl (C=O) groups excluding carboxylic acids is 2. The second-order valence-corrected chi connectivity index (χ2v) is 8.63. The quantitative estimate of drug-likeness (QED) is 0.179. The third-order valence-corrected chi connectivity index (χ3v) is 6.21. The van der Waals surface area contributed by atoms with Crippen molar-refractivity contribution in [2.24, 2.45) is 0 Å². The third-order valence-electron chi connectivity index (χ3n) is 6.21. The molecule has 0 spiro atoms. The number of carbonyl (C=O) groups is 2. The zero-order chi connectivity index (χ0) is 27.1. The molecule has 10 nitrogen and oxygen atoms in total. The summed E-state index contributed by atoms with van der Waals surface area (Å²) in [5.41, 5.74) is 3.20. The number of nitrogens with one attached hydrogen (secondary N) is 2. The van der Waals surface area contributed by atoms with Crippen LogP contribution >= 0.6 is 0 Å². The van der Waals surface area contributed by atoms with Gasteiger partial charge < -0.3 is 19.7 Å². The molecule has 2 amide bonds. The Morgan fingerprint density at radius 2 is 1.74 bits per heavy atom. The molecule has 0 unspecified atom stereocenters. The van der Waals surface area contributed by atoms with Gasteiger partial charge in [0.2, 0.25) is 5.95 Å². The first-order valence-electron chi connectivity index (χ1n) is 11.9. The van der Waals surface area contributed by atoms with Gasteiger partial charge >= 0.3 is 0 Å². The number of ether oxygens (including phenoxy) is 2. The van der Waals surface area contributed by atoms with Crippen LogP contribution in [0.4, 0.5) is 10.3 Å². The van der Waals surface area contributed by atoms with Crippen LogP contribution in [0.15, 0.2) is 54.9 Å². The van der Waals surface area contributed by atoms with E-state index in [1.807, 2.05) is 4.90 Å². The molecular weight excluding hydrogens is 493 g/mol. The summed E-state index contributed by atoms with van der Waals surface area (Å²) in [6, 6.07) is 11.1. The Balaban J connectivity index is 1.49. The van der Waals surface area contributed by atoms with E-state index >= 15 is 0 Å². The van der Waals surface area contributed by atoms with E-state index in [-0.39, 0.29) is 17.5 Å². The number of hydrogen-bond donors (Lipinski definition) is 3. The number of benzene rings is 2. The van der Waals surface area contributed by atoms with Crippen molar-refractivity contribution >= 4 is 29.4 Å². The monoisotopic (exact) mass is 521 g/mol. The molecule has 4 rings (SSSR count). The Morgan fingerprint density at radius 1 is 1.03 bits per heavy atom. The first-order valence-corrected chi connectivity index (χ1v) is 11.9. The van der Waals surface area contributed by atoms with E-state index in [1.165, 1.54) is 38.7 Å². The van der Waals surface area contributed by atoms with E-state index in [4.69, 9.17) is 14.7 Å². The van der Waals surface area contributed by atoms with Crippen LogP contribution in [-0.4, -0.2) is 60.3 Å². The molecule has 38 heavy (non-hydrogen) atoms. The number of hydrogen-bond acceptors (Lipinski definition) is 8. The Kier molecular flexibility index (Phi) is 8.49. The van der Waals surface area contributed by atoms with E-state index in [0.717, 1.165) is 0 Å². The smallest absolute Gasteiger partial charge is 0.277 e. The molecule has 0 bridgehead atoms. The number of piperidine rings is 1. The van der Waals surface area contributed by atoms with Crippen molar-refractivity contribution < 1.29 is 28.7 Å². The van der Waals surface area contributed by atoms with Gasteiger partial charge in [0.25, 0.3) is 11.8 Å². The minimum absolute atomic E-state index is 0.103. The third kappa shape index (κ3) is 6.24. The summed E-state index contributed by atoms with van der Waals surface area (Å²) in [6.45, 7) is 1.19. The zero-order valence-electron chi connectivity index (χ0n) is 21.0. The van der Waals surface area contributed by atoms with E-state index in [1.54, 1.807) is 41.9 Å². The number of methoxy groups -OCH3 is 2. The minimum atomic E-state index is -0.686. The molecule has 3 aromatic rings. The van der Waals surface area contributed by atoms with Crippen LogP contribution < -0.4 is 25.2 Å². The van der Waals surface area contributed by atoms with Crippen LogP contribution in [0.1, 0.15) is 34.3 Å². The first kappa shape index (κ1) is 26.6. The van der Waals surface area contributed by atoms with Gasteiger partial charge in [-0.15, -0.1) is 0 Å². The molecule has 0 atom stereocenters. The Hall–Kier alpha value is -4.51. The largest absolute Gasteiger partial charge is 0.493 e. The second kappa shape index (κ2) is 12.2. The maximum Gasteiger partial charge on any atom is 0.277 e. The number of hydroxylamine groups is 1. The van der Waals surface area contributed by atoms with Gasteiger partial charge in [0.15, 0.2) is 11.5 Å². The molecule has 2 aromatic carbocycles. The predicted molar refractivity (Wildman–Crippen MR) is 138 cm³/mol. The van der Waals surface area contributed by atoms with E-state index < -0.39 is 11.7 Å². The van der Waals surface area contributed by atoms with E-state index in [0.29, 0.717) is 60.1 Å². The number of anilines is 1. The maximum atomic E-state index is 13.9. The molecule has 1 aliphatic rings. The van der Waals surface area contributed by atoms with Gasteiger partial charge in [0.05, 0.1) is 19.8 Å². The second-order valence-electron chi connectivity index (χ2n) is 8.63. The Labute approximate surface area is 219 Å². The number of halogens is 1. The topological polar surface area (TPSA) is 126 Å². The molecule has 3 N–H and O–H groups in total. The van der Waals surface area contributed by atoms with Crippen molar-refractivity contribution in [1.29, 1.82) is 0 Å². The normalized spacial score (nSPS) is 14.1. The fourth-order valence-corrected chi connectivity index (χ4v) is 4.20. The summed E-state index contributed by atoms with van der Waals surface area (Å²) in [5, 5.41) is 11.8. The fourth-order valence-electron chi connectivity index (χ4n) is 4.20. The van der Waals surface area contributed by atoms with Gasteiger partial charge in [-0.05, 0) is 54.3 Å². The van der Waals surface area contributed by atoms with Crippen molar-refractivity contribution in [3.8, 4) is 11.5 Å². The lowest BCUT2D eigenvalue weighted by atomic mass is 9.99. The standard InChI is InChI=1S/C27H28FN5O5/c1-37-23-7-6-18(14-24(23)38-2)22(13-17-4-3-5-20(28)12-17)26(35)31-21-8-10-33(11-9-21)27-29-15-19(16-30-27)25(34)32-36/h3-7,12-16,21,36H,8-11H2,1-2H3,(H,31,35)(H,32,34)/b22-13+. The van der Waals surface area contributed by atoms with Crippen molar-refractivity contribution in [3.63, 3.8) is 0 Å². The highest BCUT2D eigenvalue weighted by molar-refractivity contribution is 6.24. The molecule has 1 aromatic heterocycles. The summed E-state index contributed by atoms with van der Waals surface area (Å²) in [4.78, 5) is 35.3. The molecular formula is C27H28FN5O5. The lowest BCUT2D eigenvalue weighted by Crippen LogP contribution is -2.45. The molecule has 1 aliphatic heterocycles. The summed E-state index contributed by atoms with van der Waals surface area (Å²) in [7, 11) is 3.05. The molecule has 1 fully saturated rings. The molecule has 2 heterocycles. The van der Waals surface area contributed by atoms with Crippen LogP contribution in [0.25, 0.3) is 11.6 Å². The molecule has 1 saturated heterocycles. The van der Waals surface area contributed by atoms with Crippen LogP contribution in [0.3, 0.4) is 0 Å².